The molecule has 1 heterocycles. The number of carbonyl (C=O) groups excluding carboxylic acids is 2. The Labute approximate surface area is 97.5 Å². The Balaban J connectivity index is 2.27. The van der Waals surface area contributed by atoms with Gasteiger partial charge in [-0.25, -0.2) is 4.79 Å². The molecular formula is C9H14N4O4. The number of nitrogens with one attached hydrogen (secondary N) is 1. The highest BCUT2D eigenvalue weighted by Gasteiger charge is 2.22. The second-order valence-corrected chi connectivity index (χ2v) is 3.12. The second kappa shape index (κ2) is 6.59. The average molecular weight is 242 g/mol. The topological polar surface area (TPSA) is 120 Å². The third-order valence-electron chi connectivity index (χ3n) is 1.88. The number of esters is 1. The maximum Gasteiger partial charge on any atom is 0.332 e. The lowest BCUT2D eigenvalue weighted by Gasteiger charge is -2.10. The van der Waals surface area contributed by atoms with Crippen molar-refractivity contribution >= 4 is 11.9 Å². The van der Waals surface area contributed by atoms with Gasteiger partial charge in [0.1, 0.15) is 0 Å². The van der Waals surface area contributed by atoms with Gasteiger partial charge in [0.15, 0.2) is 11.9 Å². The van der Waals surface area contributed by atoms with Crippen molar-refractivity contribution < 1.29 is 18.8 Å². The van der Waals surface area contributed by atoms with Crippen molar-refractivity contribution in [1.29, 1.82) is 0 Å². The molecule has 1 aromatic rings. The van der Waals surface area contributed by atoms with Crippen LogP contribution in [0.3, 0.4) is 0 Å². The zero-order valence-electron chi connectivity index (χ0n) is 9.38. The lowest BCUT2D eigenvalue weighted by molar-refractivity contribution is -0.147. The van der Waals surface area contributed by atoms with Crippen molar-refractivity contribution in [3.8, 4) is 0 Å². The van der Waals surface area contributed by atoms with Gasteiger partial charge in [-0.3, -0.25) is 4.79 Å². The summed E-state index contributed by atoms with van der Waals surface area (Å²) in [4.78, 5) is 26.3. The zero-order valence-corrected chi connectivity index (χ0v) is 9.38. The number of nitrogens with two attached hydrogens (primary N) is 1. The maximum absolute atomic E-state index is 11.4. The van der Waals surface area contributed by atoms with Crippen molar-refractivity contribution in [2.24, 2.45) is 5.73 Å². The van der Waals surface area contributed by atoms with Crippen LogP contribution in [0, 0.1) is 0 Å². The molecule has 0 aliphatic carbocycles. The van der Waals surface area contributed by atoms with E-state index >= 15 is 0 Å². The fourth-order valence-electron chi connectivity index (χ4n) is 1.05. The van der Waals surface area contributed by atoms with E-state index in [0.717, 1.165) is 0 Å². The van der Waals surface area contributed by atoms with E-state index in [1.807, 2.05) is 0 Å². The molecule has 0 fully saturated rings. The zero-order chi connectivity index (χ0) is 12.7. The summed E-state index contributed by atoms with van der Waals surface area (Å²) in [5.74, 6) is -0.869. The molecule has 1 aromatic heterocycles. The molecular weight excluding hydrogens is 228 g/mol. The Morgan fingerprint density at radius 1 is 1.65 bits per heavy atom. The van der Waals surface area contributed by atoms with Crippen molar-refractivity contribution in [3.63, 3.8) is 0 Å². The summed E-state index contributed by atoms with van der Waals surface area (Å²) in [6.45, 7) is 2.09. The van der Waals surface area contributed by atoms with E-state index in [4.69, 9.17) is 5.73 Å². The SMILES string of the molecule is CCOC(=O)C(N)C(=O)NCCc1ncon1. The number of aromatic nitrogens is 2. The Bertz CT molecular complexity index is 365. The summed E-state index contributed by atoms with van der Waals surface area (Å²) in [5.41, 5.74) is 5.37. The minimum Gasteiger partial charge on any atom is -0.464 e. The molecule has 17 heavy (non-hydrogen) atoms. The molecule has 0 spiro atoms. The number of rotatable bonds is 6. The summed E-state index contributed by atoms with van der Waals surface area (Å²) in [5, 5.41) is 6.04. The summed E-state index contributed by atoms with van der Waals surface area (Å²) >= 11 is 0. The molecule has 94 valence electrons. The van der Waals surface area contributed by atoms with Crippen molar-refractivity contribution in [1.82, 2.24) is 15.5 Å². The summed E-state index contributed by atoms with van der Waals surface area (Å²) < 4.78 is 9.13. The molecule has 0 saturated carbocycles. The molecule has 1 rings (SSSR count). The Morgan fingerprint density at radius 2 is 2.41 bits per heavy atom. The van der Waals surface area contributed by atoms with Crippen molar-refractivity contribution in [2.45, 2.75) is 19.4 Å². The molecule has 8 nitrogen and oxygen atoms in total. The molecule has 0 aliphatic rings. The highest BCUT2D eigenvalue weighted by molar-refractivity contribution is 6.01. The quantitative estimate of drug-likeness (QED) is 0.465. The van der Waals surface area contributed by atoms with E-state index in [-0.39, 0.29) is 13.2 Å². The number of hydrogen-bond donors (Lipinski definition) is 2. The molecule has 8 heteroatoms. The van der Waals surface area contributed by atoms with Crippen LogP contribution < -0.4 is 11.1 Å². The van der Waals surface area contributed by atoms with E-state index in [1.165, 1.54) is 6.39 Å². The predicted octanol–water partition coefficient (Wildman–Crippen LogP) is -1.38. The van der Waals surface area contributed by atoms with Crippen LogP contribution in [0.2, 0.25) is 0 Å². The first-order valence-corrected chi connectivity index (χ1v) is 5.10. The van der Waals surface area contributed by atoms with Crippen LogP contribution in [0.5, 0.6) is 0 Å². The number of carbonyl (C=O) groups is 2. The van der Waals surface area contributed by atoms with E-state index < -0.39 is 17.9 Å². The summed E-state index contributed by atoms with van der Waals surface area (Å²) in [6, 6.07) is -1.31. The fraction of sp³-hybridized carbons (Fsp3) is 0.556. The van der Waals surface area contributed by atoms with Crippen molar-refractivity contribution in [2.75, 3.05) is 13.2 Å². The molecule has 0 aliphatic heterocycles. The lowest BCUT2D eigenvalue weighted by atomic mass is 10.3. The predicted molar refractivity (Wildman–Crippen MR) is 55.6 cm³/mol. The molecule has 0 bridgehead atoms. The monoisotopic (exact) mass is 242 g/mol. The van der Waals surface area contributed by atoms with E-state index in [2.05, 4.69) is 24.7 Å². The average Bonchev–Trinajstić information content (AvgIpc) is 2.81. The smallest absolute Gasteiger partial charge is 0.332 e. The van der Waals surface area contributed by atoms with Gasteiger partial charge in [0.05, 0.1) is 6.61 Å². The Hall–Kier alpha value is -1.96. The number of ether oxygens (including phenoxy) is 1. The van der Waals surface area contributed by atoms with E-state index in [1.54, 1.807) is 6.92 Å². The van der Waals surface area contributed by atoms with E-state index in [9.17, 15) is 9.59 Å². The van der Waals surface area contributed by atoms with Gasteiger partial charge in [-0.2, -0.15) is 4.98 Å². The summed E-state index contributed by atoms with van der Waals surface area (Å²) in [6.07, 6.45) is 1.60. The third kappa shape index (κ3) is 4.19. The summed E-state index contributed by atoms with van der Waals surface area (Å²) in [7, 11) is 0. The standard InChI is InChI=1S/C9H14N4O4/c1-2-16-9(15)7(10)8(14)11-4-3-6-12-5-17-13-6/h5,7H,2-4,10H2,1H3,(H,11,14). The lowest BCUT2D eigenvalue weighted by Crippen LogP contribution is -2.47. The van der Waals surface area contributed by atoms with Gasteiger partial charge in [-0.1, -0.05) is 5.16 Å². The Morgan fingerprint density at radius 3 is 3.00 bits per heavy atom. The maximum atomic E-state index is 11.4. The van der Waals surface area contributed by atoms with Gasteiger partial charge in [-0.05, 0) is 6.92 Å². The normalized spacial score (nSPS) is 11.9. The highest BCUT2D eigenvalue weighted by atomic mass is 16.5. The molecule has 1 amide bonds. The molecule has 1 atom stereocenters. The van der Waals surface area contributed by atoms with Crippen LogP contribution in [0.15, 0.2) is 10.9 Å². The van der Waals surface area contributed by atoms with E-state index in [0.29, 0.717) is 12.2 Å². The van der Waals surface area contributed by atoms with Crippen molar-refractivity contribution in [3.05, 3.63) is 12.2 Å². The number of nitrogens with zero attached hydrogens (tertiary/aromatic N) is 2. The van der Waals surface area contributed by atoms with Gasteiger partial charge in [0, 0.05) is 13.0 Å². The molecule has 3 N–H and O–H groups in total. The number of amides is 1. The minimum absolute atomic E-state index is 0.183. The molecule has 0 aromatic carbocycles. The molecule has 1 unspecified atom stereocenters. The van der Waals surface area contributed by atoms with Gasteiger partial charge in [0.25, 0.3) is 0 Å². The van der Waals surface area contributed by atoms with Crippen LogP contribution in [-0.4, -0.2) is 41.2 Å². The second-order valence-electron chi connectivity index (χ2n) is 3.12. The number of hydrogen-bond acceptors (Lipinski definition) is 7. The minimum atomic E-state index is -1.31. The first-order chi connectivity index (χ1) is 8.15. The van der Waals surface area contributed by atoms with Gasteiger partial charge in [-0.15, -0.1) is 0 Å². The van der Waals surface area contributed by atoms with Gasteiger partial charge in [0.2, 0.25) is 12.3 Å². The van der Waals surface area contributed by atoms with Crippen LogP contribution in [-0.2, 0) is 20.7 Å². The third-order valence-corrected chi connectivity index (χ3v) is 1.88. The van der Waals surface area contributed by atoms with Crippen LogP contribution in [0.25, 0.3) is 0 Å². The molecule has 0 saturated heterocycles. The fourth-order valence-corrected chi connectivity index (χ4v) is 1.05. The van der Waals surface area contributed by atoms with Crippen LogP contribution in [0.1, 0.15) is 12.7 Å². The molecule has 0 radical (unpaired) electrons. The Kier molecular flexibility index (Phi) is 5.08. The van der Waals surface area contributed by atoms with Gasteiger partial charge >= 0.3 is 5.97 Å². The van der Waals surface area contributed by atoms with Crippen LogP contribution in [0.4, 0.5) is 0 Å². The first-order valence-electron chi connectivity index (χ1n) is 5.10. The highest BCUT2D eigenvalue weighted by Crippen LogP contribution is 1.90. The first kappa shape index (κ1) is 13.1. The largest absolute Gasteiger partial charge is 0.464 e. The van der Waals surface area contributed by atoms with Gasteiger partial charge < -0.3 is 20.3 Å². The van der Waals surface area contributed by atoms with Crippen LogP contribution >= 0.6 is 0 Å².